The van der Waals surface area contributed by atoms with E-state index in [-0.39, 0.29) is 18.0 Å². The maximum Gasteiger partial charge on any atom is 0.267 e. The Balaban J connectivity index is 1.75. The zero-order valence-corrected chi connectivity index (χ0v) is 18.8. The van der Waals surface area contributed by atoms with Crippen molar-refractivity contribution in [2.75, 3.05) is 37.5 Å². The lowest BCUT2D eigenvalue weighted by molar-refractivity contribution is -0.117. The second-order valence-electron chi connectivity index (χ2n) is 7.05. The molecule has 0 saturated heterocycles. The fourth-order valence-electron chi connectivity index (χ4n) is 3.39. The van der Waals surface area contributed by atoms with E-state index in [1.165, 1.54) is 6.07 Å². The van der Waals surface area contributed by atoms with E-state index in [2.05, 4.69) is 29.2 Å². The summed E-state index contributed by atoms with van der Waals surface area (Å²) in [7, 11) is 3.11. The number of ether oxygens (including phenoxy) is 2. The van der Waals surface area contributed by atoms with E-state index in [4.69, 9.17) is 9.47 Å². The minimum atomic E-state index is -0.360. The van der Waals surface area contributed by atoms with Crippen molar-refractivity contribution in [2.45, 2.75) is 20.4 Å². The molecule has 168 valence electrons. The number of nitrogens with zero attached hydrogens (tertiary/aromatic N) is 3. The van der Waals surface area contributed by atoms with Crippen LogP contribution in [0.3, 0.4) is 0 Å². The number of nitrogens with one attached hydrogen (secondary N) is 1. The average molecular weight is 437 g/mol. The Hall–Kier alpha value is -3.81. The molecule has 8 nitrogen and oxygen atoms in total. The molecule has 2 aromatic carbocycles. The molecule has 0 aliphatic rings. The number of rotatable bonds is 9. The van der Waals surface area contributed by atoms with Gasteiger partial charge in [-0.15, -0.1) is 0 Å². The first-order valence-corrected chi connectivity index (χ1v) is 10.4. The third-order valence-corrected chi connectivity index (χ3v) is 5.12. The normalized spacial score (nSPS) is 10.5. The van der Waals surface area contributed by atoms with Gasteiger partial charge in [0.15, 0.2) is 11.5 Å². The van der Waals surface area contributed by atoms with Crippen LogP contribution in [0.5, 0.6) is 11.5 Å². The summed E-state index contributed by atoms with van der Waals surface area (Å²) in [4.78, 5) is 27.0. The van der Waals surface area contributed by atoms with Gasteiger partial charge >= 0.3 is 0 Å². The summed E-state index contributed by atoms with van der Waals surface area (Å²) >= 11 is 0. The molecule has 0 atom stereocenters. The molecule has 1 heterocycles. The Bertz CT molecular complexity index is 1120. The summed E-state index contributed by atoms with van der Waals surface area (Å²) in [5.74, 6) is 0.811. The molecule has 1 N–H and O–H groups in total. The van der Waals surface area contributed by atoms with Gasteiger partial charge in [0.1, 0.15) is 6.54 Å². The van der Waals surface area contributed by atoms with Crippen LogP contribution in [0.4, 0.5) is 11.4 Å². The highest BCUT2D eigenvalue weighted by molar-refractivity contribution is 5.90. The second kappa shape index (κ2) is 10.5. The van der Waals surface area contributed by atoms with E-state index in [0.717, 1.165) is 29.0 Å². The zero-order valence-electron chi connectivity index (χ0n) is 18.8. The van der Waals surface area contributed by atoms with Gasteiger partial charge in [-0.1, -0.05) is 0 Å². The van der Waals surface area contributed by atoms with Crippen LogP contribution >= 0.6 is 0 Å². The van der Waals surface area contributed by atoms with Gasteiger partial charge in [0.2, 0.25) is 5.91 Å². The minimum Gasteiger partial charge on any atom is -0.493 e. The highest BCUT2D eigenvalue weighted by Crippen LogP contribution is 2.31. The molecule has 0 aliphatic carbocycles. The Kier molecular flexibility index (Phi) is 7.49. The van der Waals surface area contributed by atoms with Gasteiger partial charge in [-0.3, -0.25) is 9.59 Å². The maximum atomic E-state index is 12.5. The predicted octanol–water partition coefficient (Wildman–Crippen LogP) is 3.41. The minimum absolute atomic E-state index is 0.197. The van der Waals surface area contributed by atoms with Gasteiger partial charge in [0.25, 0.3) is 5.56 Å². The standard InChI is InChI=1S/C24H28N4O4/c1-5-27(6-2)19-10-8-18(9-11-19)25-23(29)16-28-24(30)14-12-20(26-28)17-7-13-21(31-3)22(15-17)32-4/h7-15H,5-6,16H2,1-4H3,(H,25,29). The van der Waals surface area contributed by atoms with Gasteiger partial charge in [-0.05, 0) is 62.4 Å². The lowest BCUT2D eigenvalue weighted by Gasteiger charge is -2.21. The first-order valence-electron chi connectivity index (χ1n) is 10.4. The summed E-state index contributed by atoms with van der Waals surface area (Å²) in [6.45, 7) is 5.82. The summed E-state index contributed by atoms with van der Waals surface area (Å²) in [5, 5.41) is 7.17. The second-order valence-corrected chi connectivity index (χ2v) is 7.05. The van der Waals surface area contributed by atoms with Crippen molar-refractivity contribution in [3.63, 3.8) is 0 Å². The number of carbonyl (C=O) groups is 1. The first-order chi connectivity index (χ1) is 15.5. The molecule has 0 spiro atoms. The number of aromatic nitrogens is 2. The molecule has 0 saturated carbocycles. The smallest absolute Gasteiger partial charge is 0.267 e. The molecule has 1 amide bonds. The fraction of sp³-hybridized carbons (Fsp3) is 0.292. The summed E-state index contributed by atoms with van der Waals surface area (Å²) < 4.78 is 11.7. The molecule has 1 aromatic heterocycles. The SMILES string of the molecule is CCN(CC)c1ccc(NC(=O)Cn2nc(-c3ccc(OC)c(OC)c3)ccc2=O)cc1. The Labute approximate surface area is 187 Å². The molecule has 0 aliphatic heterocycles. The first kappa shape index (κ1) is 22.9. The van der Waals surface area contributed by atoms with Crippen molar-refractivity contribution in [1.29, 1.82) is 0 Å². The molecule has 3 aromatic rings. The third kappa shape index (κ3) is 5.26. The number of hydrogen-bond donors (Lipinski definition) is 1. The van der Waals surface area contributed by atoms with Crippen molar-refractivity contribution < 1.29 is 14.3 Å². The Morgan fingerprint density at radius 3 is 2.28 bits per heavy atom. The number of carbonyl (C=O) groups excluding carboxylic acids is 1. The van der Waals surface area contributed by atoms with E-state index in [1.807, 2.05) is 30.3 Å². The van der Waals surface area contributed by atoms with Gasteiger partial charge in [0, 0.05) is 36.1 Å². The molecule has 0 unspecified atom stereocenters. The van der Waals surface area contributed by atoms with Crippen LogP contribution in [0.25, 0.3) is 11.3 Å². The van der Waals surface area contributed by atoms with Crippen LogP contribution in [0.15, 0.2) is 59.4 Å². The molecular weight excluding hydrogens is 408 g/mol. The maximum absolute atomic E-state index is 12.5. The van der Waals surface area contributed by atoms with Gasteiger partial charge < -0.3 is 19.7 Å². The van der Waals surface area contributed by atoms with Gasteiger partial charge in [0.05, 0.1) is 19.9 Å². The number of methoxy groups -OCH3 is 2. The van der Waals surface area contributed by atoms with Crippen LogP contribution < -0.4 is 25.2 Å². The van der Waals surface area contributed by atoms with Crippen molar-refractivity contribution in [3.05, 3.63) is 65.0 Å². The van der Waals surface area contributed by atoms with Crippen LogP contribution in [-0.4, -0.2) is 43.0 Å². The van der Waals surface area contributed by atoms with Crippen LogP contribution in [-0.2, 0) is 11.3 Å². The number of anilines is 2. The molecule has 0 radical (unpaired) electrons. The van der Waals surface area contributed by atoms with Crippen molar-refractivity contribution in [3.8, 4) is 22.8 Å². The van der Waals surface area contributed by atoms with Crippen LogP contribution in [0, 0.1) is 0 Å². The Morgan fingerprint density at radius 2 is 1.66 bits per heavy atom. The fourth-order valence-corrected chi connectivity index (χ4v) is 3.39. The summed E-state index contributed by atoms with van der Waals surface area (Å²) in [6, 6.07) is 16.0. The number of benzene rings is 2. The molecule has 0 bridgehead atoms. The van der Waals surface area contributed by atoms with E-state index in [1.54, 1.807) is 32.4 Å². The topological polar surface area (TPSA) is 85.7 Å². The molecule has 3 rings (SSSR count). The monoisotopic (exact) mass is 436 g/mol. The lowest BCUT2D eigenvalue weighted by Crippen LogP contribution is -2.29. The highest BCUT2D eigenvalue weighted by atomic mass is 16.5. The zero-order chi connectivity index (χ0) is 23.1. The van der Waals surface area contributed by atoms with Gasteiger partial charge in [-0.2, -0.15) is 5.10 Å². The molecule has 0 fully saturated rings. The van der Waals surface area contributed by atoms with E-state index < -0.39 is 0 Å². The van der Waals surface area contributed by atoms with Crippen molar-refractivity contribution in [1.82, 2.24) is 9.78 Å². The summed E-state index contributed by atoms with van der Waals surface area (Å²) in [6.07, 6.45) is 0. The lowest BCUT2D eigenvalue weighted by atomic mass is 10.1. The average Bonchev–Trinajstić information content (AvgIpc) is 2.81. The van der Waals surface area contributed by atoms with E-state index in [9.17, 15) is 9.59 Å². The largest absolute Gasteiger partial charge is 0.493 e. The molecule has 8 heteroatoms. The van der Waals surface area contributed by atoms with Crippen molar-refractivity contribution >= 4 is 17.3 Å². The van der Waals surface area contributed by atoms with Crippen LogP contribution in [0.2, 0.25) is 0 Å². The Morgan fingerprint density at radius 1 is 0.969 bits per heavy atom. The predicted molar refractivity (Wildman–Crippen MR) is 126 cm³/mol. The van der Waals surface area contributed by atoms with E-state index >= 15 is 0 Å². The van der Waals surface area contributed by atoms with Gasteiger partial charge in [-0.25, -0.2) is 4.68 Å². The highest BCUT2D eigenvalue weighted by Gasteiger charge is 2.11. The molecule has 32 heavy (non-hydrogen) atoms. The van der Waals surface area contributed by atoms with Crippen molar-refractivity contribution in [2.24, 2.45) is 0 Å². The molecular formula is C24H28N4O4. The van der Waals surface area contributed by atoms with E-state index in [0.29, 0.717) is 22.9 Å². The van der Waals surface area contributed by atoms with Crippen LogP contribution in [0.1, 0.15) is 13.8 Å². The number of amides is 1. The summed E-state index contributed by atoms with van der Waals surface area (Å²) in [5.41, 5.74) is 2.68. The third-order valence-electron chi connectivity index (χ3n) is 5.12. The quantitative estimate of drug-likeness (QED) is 0.553. The number of hydrogen-bond acceptors (Lipinski definition) is 6.